The highest BCUT2D eigenvalue weighted by molar-refractivity contribution is 7.98. The van der Waals surface area contributed by atoms with Gasteiger partial charge in [-0.05, 0) is 30.5 Å². The standard InChI is InChI=1S/C11H17N3OS.ClH/c1-3-16-8-9-4-5-13-10(6-9)14-11(15)7-12-2;/h4-6,12H,3,7-8H2,1-2H3,(H,13,14,15);1H. The van der Waals surface area contributed by atoms with Crippen molar-refractivity contribution in [2.75, 3.05) is 24.7 Å². The average Bonchev–Trinajstić information content (AvgIpc) is 2.27. The van der Waals surface area contributed by atoms with E-state index in [0.717, 1.165) is 11.5 Å². The van der Waals surface area contributed by atoms with Crippen LogP contribution in [-0.4, -0.2) is 30.2 Å². The molecule has 0 bridgehead atoms. The van der Waals surface area contributed by atoms with Crippen LogP contribution in [0.1, 0.15) is 12.5 Å². The minimum absolute atomic E-state index is 0. The highest BCUT2D eigenvalue weighted by Crippen LogP contribution is 2.13. The van der Waals surface area contributed by atoms with Gasteiger partial charge in [-0.15, -0.1) is 12.4 Å². The molecule has 0 aliphatic carbocycles. The minimum Gasteiger partial charge on any atom is -0.311 e. The number of hydrogen-bond acceptors (Lipinski definition) is 4. The van der Waals surface area contributed by atoms with Gasteiger partial charge in [0.1, 0.15) is 5.82 Å². The zero-order valence-corrected chi connectivity index (χ0v) is 11.7. The van der Waals surface area contributed by atoms with Crippen LogP contribution in [0.15, 0.2) is 18.3 Å². The largest absolute Gasteiger partial charge is 0.311 e. The number of amides is 1. The average molecular weight is 276 g/mol. The topological polar surface area (TPSA) is 54.0 Å². The van der Waals surface area contributed by atoms with Crippen molar-refractivity contribution in [2.45, 2.75) is 12.7 Å². The fourth-order valence-corrected chi connectivity index (χ4v) is 1.82. The summed E-state index contributed by atoms with van der Waals surface area (Å²) in [6.45, 7) is 2.43. The van der Waals surface area contributed by atoms with E-state index in [1.54, 1.807) is 13.2 Å². The summed E-state index contributed by atoms with van der Waals surface area (Å²) in [7, 11) is 1.74. The molecule has 4 nitrogen and oxygen atoms in total. The normalized spacial score (nSPS) is 9.53. The number of aromatic nitrogens is 1. The van der Waals surface area contributed by atoms with Gasteiger partial charge in [-0.1, -0.05) is 6.92 Å². The van der Waals surface area contributed by atoms with E-state index in [0.29, 0.717) is 12.4 Å². The summed E-state index contributed by atoms with van der Waals surface area (Å²) >= 11 is 1.85. The zero-order chi connectivity index (χ0) is 11.8. The summed E-state index contributed by atoms with van der Waals surface area (Å²) in [4.78, 5) is 15.4. The summed E-state index contributed by atoms with van der Waals surface area (Å²) in [5.41, 5.74) is 1.18. The SMILES string of the molecule is CCSCc1ccnc(NC(=O)CNC)c1.Cl. The van der Waals surface area contributed by atoms with Crippen molar-refractivity contribution in [3.8, 4) is 0 Å². The van der Waals surface area contributed by atoms with E-state index in [1.807, 2.05) is 23.9 Å². The van der Waals surface area contributed by atoms with E-state index >= 15 is 0 Å². The number of nitrogens with one attached hydrogen (secondary N) is 2. The minimum atomic E-state index is -0.0738. The molecule has 96 valence electrons. The lowest BCUT2D eigenvalue weighted by molar-refractivity contribution is -0.115. The molecular formula is C11H18ClN3OS. The maximum atomic E-state index is 11.3. The first-order chi connectivity index (χ1) is 7.76. The highest BCUT2D eigenvalue weighted by Gasteiger charge is 2.02. The summed E-state index contributed by atoms with van der Waals surface area (Å²) in [5.74, 6) is 2.59. The number of likely N-dealkylation sites (N-methyl/N-ethyl adjacent to an activating group) is 1. The van der Waals surface area contributed by atoms with Crippen LogP contribution in [0.25, 0.3) is 0 Å². The molecule has 0 spiro atoms. The summed E-state index contributed by atoms with van der Waals surface area (Å²) in [6, 6.07) is 3.88. The van der Waals surface area contributed by atoms with Gasteiger partial charge in [0.15, 0.2) is 0 Å². The molecule has 0 aromatic carbocycles. The van der Waals surface area contributed by atoms with E-state index in [-0.39, 0.29) is 18.3 Å². The van der Waals surface area contributed by atoms with Crippen molar-refractivity contribution in [1.29, 1.82) is 0 Å². The fraction of sp³-hybridized carbons (Fsp3) is 0.455. The monoisotopic (exact) mass is 275 g/mol. The molecule has 17 heavy (non-hydrogen) atoms. The molecule has 0 saturated carbocycles. The first-order valence-electron chi connectivity index (χ1n) is 5.23. The Morgan fingerprint density at radius 3 is 2.94 bits per heavy atom. The number of halogens is 1. The molecule has 1 heterocycles. The lowest BCUT2D eigenvalue weighted by Gasteiger charge is -2.05. The molecule has 0 aliphatic heterocycles. The Balaban J connectivity index is 0.00000256. The van der Waals surface area contributed by atoms with Crippen LogP contribution in [0.3, 0.4) is 0 Å². The quantitative estimate of drug-likeness (QED) is 0.833. The number of rotatable bonds is 6. The van der Waals surface area contributed by atoms with Gasteiger partial charge in [0.05, 0.1) is 6.54 Å². The predicted octanol–water partition coefficient (Wildman–Crippen LogP) is 1.91. The molecule has 0 unspecified atom stereocenters. The van der Waals surface area contributed by atoms with Crippen molar-refractivity contribution >= 4 is 35.9 Å². The third-order valence-electron chi connectivity index (χ3n) is 1.90. The molecule has 1 aromatic heterocycles. The van der Waals surface area contributed by atoms with Gasteiger partial charge in [0.25, 0.3) is 0 Å². The Morgan fingerprint density at radius 1 is 1.53 bits per heavy atom. The number of pyridine rings is 1. The lowest BCUT2D eigenvalue weighted by atomic mass is 10.3. The van der Waals surface area contributed by atoms with Crippen LogP contribution >= 0.6 is 24.2 Å². The predicted molar refractivity (Wildman–Crippen MR) is 75.9 cm³/mol. The first-order valence-corrected chi connectivity index (χ1v) is 6.39. The highest BCUT2D eigenvalue weighted by atomic mass is 35.5. The Morgan fingerprint density at radius 2 is 2.29 bits per heavy atom. The maximum Gasteiger partial charge on any atom is 0.239 e. The molecule has 1 rings (SSSR count). The van der Waals surface area contributed by atoms with Gasteiger partial charge in [-0.25, -0.2) is 4.98 Å². The van der Waals surface area contributed by atoms with Crippen molar-refractivity contribution in [3.05, 3.63) is 23.9 Å². The molecule has 0 aliphatic rings. The van der Waals surface area contributed by atoms with Crippen molar-refractivity contribution in [3.63, 3.8) is 0 Å². The number of carbonyl (C=O) groups excluding carboxylic acids is 1. The molecule has 6 heteroatoms. The number of anilines is 1. The Hall–Kier alpha value is -0.780. The van der Waals surface area contributed by atoms with Gasteiger partial charge in [-0.3, -0.25) is 4.79 Å². The molecule has 0 fully saturated rings. The molecule has 1 amide bonds. The van der Waals surface area contributed by atoms with Crippen LogP contribution in [0.5, 0.6) is 0 Å². The van der Waals surface area contributed by atoms with E-state index in [2.05, 4.69) is 22.5 Å². The third-order valence-corrected chi connectivity index (χ3v) is 2.85. The molecule has 0 saturated heterocycles. The Bertz CT molecular complexity index is 349. The van der Waals surface area contributed by atoms with Crippen molar-refractivity contribution in [1.82, 2.24) is 10.3 Å². The number of thioether (sulfide) groups is 1. The van der Waals surface area contributed by atoms with Gasteiger partial charge < -0.3 is 10.6 Å². The van der Waals surface area contributed by atoms with Gasteiger partial charge in [0, 0.05) is 11.9 Å². The lowest BCUT2D eigenvalue weighted by Crippen LogP contribution is -2.25. The number of hydrogen-bond donors (Lipinski definition) is 2. The summed E-state index contributed by atoms with van der Waals surface area (Å²) < 4.78 is 0. The van der Waals surface area contributed by atoms with Gasteiger partial charge >= 0.3 is 0 Å². The second kappa shape index (κ2) is 9.27. The molecule has 0 atom stereocenters. The summed E-state index contributed by atoms with van der Waals surface area (Å²) in [6.07, 6.45) is 1.72. The fourth-order valence-electron chi connectivity index (χ4n) is 1.20. The summed E-state index contributed by atoms with van der Waals surface area (Å²) in [5, 5.41) is 5.53. The second-order valence-corrected chi connectivity index (χ2v) is 4.54. The Labute approximate surface area is 112 Å². The first kappa shape index (κ1) is 16.2. The molecule has 0 radical (unpaired) electrons. The Kier molecular flexibility index (Phi) is 8.85. The van der Waals surface area contributed by atoms with Crippen LogP contribution < -0.4 is 10.6 Å². The van der Waals surface area contributed by atoms with Crippen LogP contribution in [0.4, 0.5) is 5.82 Å². The van der Waals surface area contributed by atoms with Crippen molar-refractivity contribution < 1.29 is 4.79 Å². The van der Waals surface area contributed by atoms with E-state index < -0.39 is 0 Å². The zero-order valence-electron chi connectivity index (χ0n) is 10.0. The van der Waals surface area contributed by atoms with Crippen LogP contribution in [0.2, 0.25) is 0 Å². The number of carbonyl (C=O) groups is 1. The van der Waals surface area contributed by atoms with E-state index in [4.69, 9.17) is 0 Å². The van der Waals surface area contributed by atoms with E-state index in [9.17, 15) is 4.79 Å². The number of nitrogens with zero attached hydrogens (tertiary/aromatic N) is 1. The van der Waals surface area contributed by atoms with E-state index in [1.165, 1.54) is 5.56 Å². The molecule has 2 N–H and O–H groups in total. The second-order valence-electron chi connectivity index (χ2n) is 3.26. The molecular weight excluding hydrogens is 258 g/mol. The van der Waals surface area contributed by atoms with Crippen LogP contribution in [0, 0.1) is 0 Å². The van der Waals surface area contributed by atoms with Gasteiger partial charge in [0.2, 0.25) is 5.91 Å². The van der Waals surface area contributed by atoms with Gasteiger partial charge in [-0.2, -0.15) is 11.8 Å². The third kappa shape index (κ3) is 6.51. The smallest absolute Gasteiger partial charge is 0.239 e. The van der Waals surface area contributed by atoms with Crippen molar-refractivity contribution in [2.24, 2.45) is 0 Å². The molecule has 1 aromatic rings. The maximum absolute atomic E-state index is 11.3. The van der Waals surface area contributed by atoms with Crippen LogP contribution in [-0.2, 0) is 10.5 Å².